The molecule has 0 aliphatic carbocycles. The number of hydrogen-bond donors (Lipinski definition) is 3. The topological polar surface area (TPSA) is 86.6 Å². The van der Waals surface area contributed by atoms with E-state index in [1.807, 2.05) is 0 Å². The highest BCUT2D eigenvalue weighted by molar-refractivity contribution is 5.95. The summed E-state index contributed by atoms with van der Waals surface area (Å²) in [6, 6.07) is 14.3. The molecule has 1 amide bonds. The number of benzene rings is 2. The second kappa shape index (κ2) is 5.99. The van der Waals surface area contributed by atoms with Gasteiger partial charge in [0.05, 0.1) is 5.56 Å². The third kappa shape index (κ3) is 3.21. The molecule has 0 saturated heterocycles. The van der Waals surface area contributed by atoms with Crippen molar-refractivity contribution in [2.75, 3.05) is 5.32 Å². The number of carbonyl (C=O) groups is 2. The Balaban J connectivity index is 2.06. The Morgan fingerprint density at radius 3 is 2.10 bits per heavy atom. The minimum absolute atomic E-state index is 0.131. The highest BCUT2D eigenvalue weighted by atomic mass is 16.4. The zero-order chi connectivity index (χ0) is 14.5. The van der Waals surface area contributed by atoms with E-state index in [2.05, 4.69) is 5.32 Å². The van der Waals surface area contributed by atoms with Crippen LogP contribution in [0.4, 0.5) is 5.69 Å². The van der Waals surface area contributed by atoms with E-state index < -0.39 is 18.0 Å². The third-order valence-electron chi connectivity index (χ3n) is 2.76. The first-order chi connectivity index (χ1) is 9.58. The van der Waals surface area contributed by atoms with Crippen LogP contribution in [0.2, 0.25) is 0 Å². The number of rotatable bonds is 4. The van der Waals surface area contributed by atoms with Crippen LogP contribution in [-0.2, 0) is 4.79 Å². The highest BCUT2D eigenvalue weighted by Gasteiger charge is 2.17. The van der Waals surface area contributed by atoms with Crippen LogP contribution in [0.3, 0.4) is 0 Å². The zero-order valence-corrected chi connectivity index (χ0v) is 10.5. The van der Waals surface area contributed by atoms with Crippen LogP contribution in [0.1, 0.15) is 22.0 Å². The quantitative estimate of drug-likeness (QED) is 0.794. The average molecular weight is 271 g/mol. The van der Waals surface area contributed by atoms with Crippen molar-refractivity contribution < 1.29 is 19.8 Å². The van der Waals surface area contributed by atoms with Crippen LogP contribution in [0.15, 0.2) is 54.6 Å². The zero-order valence-electron chi connectivity index (χ0n) is 10.5. The van der Waals surface area contributed by atoms with Gasteiger partial charge in [0.15, 0.2) is 6.10 Å². The van der Waals surface area contributed by atoms with Gasteiger partial charge in [0.2, 0.25) is 0 Å². The van der Waals surface area contributed by atoms with E-state index in [-0.39, 0.29) is 5.56 Å². The molecule has 5 nitrogen and oxygen atoms in total. The van der Waals surface area contributed by atoms with Gasteiger partial charge in [0, 0.05) is 5.69 Å². The molecule has 0 spiro atoms. The van der Waals surface area contributed by atoms with E-state index in [4.69, 9.17) is 5.11 Å². The molecule has 1 atom stereocenters. The van der Waals surface area contributed by atoms with Crippen LogP contribution in [-0.4, -0.2) is 22.1 Å². The second-order valence-corrected chi connectivity index (χ2v) is 4.18. The van der Waals surface area contributed by atoms with E-state index in [1.165, 1.54) is 24.3 Å². The predicted octanol–water partition coefficient (Wildman–Crippen LogP) is 2.06. The first kappa shape index (κ1) is 13.8. The van der Waals surface area contributed by atoms with Crippen LogP contribution in [0.5, 0.6) is 0 Å². The van der Waals surface area contributed by atoms with Gasteiger partial charge in [-0.3, -0.25) is 4.79 Å². The Kier molecular flexibility index (Phi) is 4.12. The number of aliphatic hydroxyl groups excluding tert-OH is 1. The van der Waals surface area contributed by atoms with Gasteiger partial charge >= 0.3 is 5.97 Å². The summed E-state index contributed by atoms with van der Waals surface area (Å²) in [5.74, 6) is -1.61. The van der Waals surface area contributed by atoms with Crippen LogP contribution < -0.4 is 5.32 Å². The van der Waals surface area contributed by atoms with Gasteiger partial charge in [-0.1, -0.05) is 30.3 Å². The molecule has 0 aromatic heterocycles. The molecule has 0 fully saturated rings. The van der Waals surface area contributed by atoms with Gasteiger partial charge in [0.1, 0.15) is 0 Å². The van der Waals surface area contributed by atoms with Crippen LogP contribution in [0.25, 0.3) is 0 Å². The summed E-state index contributed by atoms with van der Waals surface area (Å²) in [6.45, 7) is 0. The maximum atomic E-state index is 11.9. The van der Waals surface area contributed by atoms with Crippen molar-refractivity contribution in [3.63, 3.8) is 0 Å². The highest BCUT2D eigenvalue weighted by Crippen LogP contribution is 2.16. The lowest BCUT2D eigenvalue weighted by atomic mass is 10.1. The molecule has 0 radical (unpaired) electrons. The van der Waals surface area contributed by atoms with E-state index in [1.54, 1.807) is 30.3 Å². The third-order valence-corrected chi connectivity index (χ3v) is 2.76. The molecule has 20 heavy (non-hydrogen) atoms. The van der Waals surface area contributed by atoms with E-state index >= 15 is 0 Å². The molecule has 2 rings (SSSR count). The van der Waals surface area contributed by atoms with Crippen molar-refractivity contribution in [1.82, 2.24) is 0 Å². The number of aromatic carboxylic acids is 1. The van der Waals surface area contributed by atoms with E-state index in [0.29, 0.717) is 11.3 Å². The molecule has 0 bridgehead atoms. The lowest BCUT2D eigenvalue weighted by molar-refractivity contribution is -0.124. The summed E-state index contributed by atoms with van der Waals surface area (Å²) in [7, 11) is 0. The number of carboxylic acids is 1. The summed E-state index contributed by atoms with van der Waals surface area (Å²) in [5, 5.41) is 21.2. The van der Waals surface area contributed by atoms with Gasteiger partial charge in [-0.05, 0) is 29.8 Å². The number of anilines is 1. The molecular weight excluding hydrogens is 258 g/mol. The molecule has 1 unspecified atom stereocenters. The fraction of sp³-hybridized carbons (Fsp3) is 0.0667. The van der Waals surface area contributed by atoms with Gasteiger partial charge in [0.25, 0.3) is 5.91 Å². The normalized spacial score (nSPS) is 11.7. The molecule has 3 N–H and O–H groups in total. The predicted molar refractivity (Wildman–Crippen MR) is 73.4 cm³/mol. The van der Waals surface area contributed by atoms with Gasteiger partial charge in [-0.15, -0.1) is 0 Å². The Morgan fingerprint density at radius 1 is 0.950 bits per heavy atom. The summed E-state index contributed by atoms with van der Waals surface area (Å²) >= 11 is 0. The molecule has 2 aromatic carbocycles. The van der Waals surface area contributed by atoms with Crippen LogP contribution >= 0.6 is 0 Å². The lowest BCUT2D eigenvalue weighted by Crippen LogP contribution is -2.20. The standard InChI is InChI=1S/C15H13NO4/c17-13(10-4-2-1-3-5-10)14(18)16-12-8-6-11(7-9-12)15(19)20/h1-9,13,17H,(H,16,18)(H,19,20). The summed E-state index contributed by atoms with van der Waals surface area (Å²) in [6.07, 6.45) is -1.27. The number of carboxylic acid groups (broad SMARTS) is 1. The van der Waals surface area contributed by atoms with Crippen molar-refractivity contribution >= 4 is 17.6 Å². The Morgan fingerprint density at radius 2 is 1.55 bits per heavy atom. The maximum absolute atomic E-state index is 11.9. The number of carbonyl (C=O) groups excluding carboxylic acids is 1. The number of hydrogen-bond acceptors (Lipinski definition) is 3. The van der Waals surface area contributed by atoms with E-state index in [0.717, 1.165) is 0 Å². The fourth-order valence-electron chi connectivity index (χ4n) is 1.69. The van der Waals surface area contributed by atoms with Crippen molar-refractivity contribution in [1.29, 1.82) is 0 Å². The molecule has 102 valence electrons. The molecule has 0 heterocycles. The summed E-state index contributed by atoms with van der Waals surface area (Å²) < 4.78 is 0. The Hall–Kier alpha value is -2.66. The molecule has 2 aromatic rings. The summed E-state index contributed by atoms with van der Waals surface area (Å²) in [4.78, 5) is 22.6. The number of nitrogens with one attached hydrogen (secondary N) is 1. The molecular formula is C15H13NO4. The molecule has 5 heteroatoms. The monoisotopic (exact) mass is 271 g/mol. The first-order valence-corrected chi connectivity index (χ1v) is 5.95. The second-order valence-electron chi connectivity index (χ2n) is 4.18. The minimum Gasteiger partial charge on any atom is -0.478 e. The average Bonchev–Trinajstić information content (AvgIpc) is 2.48. The van der Waals surface area contributed by atoms with Crippen LogP contribution in [0, 0.1) is 0 Å². The maximum Gasteiger partial charge on any atom is 0.335 e. The first-order valence-electron chi connectivity index (χ1n) is 5.95. The summed E-state index contributed by atoms with van der Waals surface area (Å²) in [5.41, 5.74) is 1.05. The lowest BCUT2D eigenvalue weighted by Gasteiger charge is -2.11. The van der Waals surface area contributed by atoms with Gasteiger partial charge < -0.3 is 15.5 Å². The molecule has 0 aliphatic rings. The van der Waals surface area contributed by atoms with Gasteiger partial charge in [-0.2, -0.15) is 0 Å². The van der Waals surface area contributed by atoms with Crippen molar-refractivity contribution in [2.24, 2.45) is 0 Å². The Bertz CT molecular complexity index is 608. The number of aliphatic hydroxyl groups is 1. The fourth-order valence-corrected chi connectivity index (χ4v) is 1.69. The molecule has 0 saturated carbocycles. The minimum atomic E-state index is -1.27. The van der Waals surface area contributed by atoms with Crippen molar-refractivity contribution in [3.05, 3.63) is 65.7 Å². The van der Waals surface area contributed by atoms with E-state index in [9.17, 15) is 14.7 Å². The van der Waals surface area contributed by atoms with Crippen molar-refractivity contribution in [2.45, 2.75) is 6.10 Å². The van der Waals surface area contributed by atoms with Gasteiger partial charge in [-0.25, -0.2) is 4.79 Å². The Labute approximate surface area is 115 Å². The van der Waals surface area contributed by atoms with Crippen molar-refractivity contribution in [3.8, 4) is 0 Å². The number of amides is 1. The SMILES string of the molecule is O=C(O)c1ccc(NC(=O)C(O)c2ccccc2)cc1. The largest absolute Gasteiger partial charge is 0.478 e. The molecule has 0 aliphatic heterocycles. The smallest absolute Gasteiger partial charge is 0.335 e.